The summed E-state index contributed by atoms with van der Waals surface area (Å²) >= 11 is 0. The van der Waals surface area contributed by atoms with E-state index in [1.54, 1.807) is 0 Å². The van der Waals surface area contributed by atoms with E-state index in [9.17, 15) is 26.3 Å². The monoisotopic (exact) mass is 321 g/mol. The van der Waals surface area contributed by atoms with Gasteiger partial charge in [-0.25, -0.2) is 0 Å². The van der Waals surface area contributed by atoms with Crippen LogP contribution in [0.1, 0.15) is 5.56 Å². The summed E-state index contributed by atoms with van der Waals surface area (Å²) < 4.78 is 77.9. The summed E-state index contributed by atoms with van der Waals surface area (Å²) in [5.41, 5.74) is 4.83. The van der Waals surface area contributed by atoms with Crippen molar-refractivity contribution >= 4 is 5.69 Å². The maximum Gasteiger partial charge on any atom is 0.573 e. The number of anilines is 1. The van der Waals surface area contributed by atoms with E-state index in [4.69, 9.17) is 5.73 Å². The third-order valence-electron chi connectivity index (χ3n) is 2.76. The summed E-state index contributed by atoms with van der Waals surface area (Å²) in [6, 6.07) is 7.47. The number of halogens is 6. The molecule has 0 fully saturated rings. The van der Waals surface area contributed by atoms with Crippen LogP contribution < -0.4 is 10.5 Å². The maximum absolute atomic E-state index is 12.6. The zero-order valence-corrected chi connectivity index (χ0v) is 10.8. The minimum atomic E-state index is -4.86. The Morgan fingerprint density at radius 3 is 2.09 bits per heavy atom. The van der Waals surface area contributed by atoms with Gasteiger partial charge in [0.15, 0.2) is 0 Å². The van der Waals surface area contributed by atoms with Gasteiger partial charge in [-0.1, -0.05) is 18.2 Å². The van der Waals surface area contributed by atoms with Crippen molar-refractivity contribution in [3.8, 4) is 16.9 Å². The molecule has 118 valence electrons. The Balaban J connectivity index is 2.38. The van der Waals surface area contributed by atoms with Crippen LogP contribution >= 0.6 is 0 Å². The van der Waals surface area contributed by atoms with Crippen LogP contribution in [0.15, 0.2) is 42.5 Å². The molecule has 2 N–H and O–H groups in total. The lowest BCUT2D eigenvalue weighted by Gasteiger charge is -2.13. The van der Waals surface area contributed by atoms with Gasteiger partial charge in [0.25, 0.3) is 0 Å². The van der Waals surface area contributed by atoms with Gasteiger partial charge in [-0.05, 0) is 29.8 Å². The van der Waals surface area contributed by atoms with Gasteiger partial charge in [-0.3, -0.25) is 0 Å². The molecule has 0 saturated carbocycles. The number of benzene rings is 2. The van der Waals surface area contributed by atoms with E-state index in [-0.39, 0.29) is 16.8 Å². The van der Waals surface area contributed by atoms with E-state index < -0.39 is 23.9 Å². The van der Waals surface area contributed by atoms with Crippen molar-refractivity contribution in [3.05, 3.63) is 48.0 Å². The highest BCUT2D eigenvalue weighted by atomic mass is 19.4. The van der Waals surface area contributed by atoms with E-state index in [0.29, 0.717) is 0 Å². The smallest absolute Gasteiger partial charge is 0.406 e. The Labute approximate surface area is 121 Å². The molecule has 2 nitrogen and oxygen atoms in total. The Morgan fingerprint density at radius 1 is 0.864 bits per heavy atom. The molecule has 22 heavy (non-hydrogen) atoms. The summed E-state index contributed by atoms with van der Waals surface area (Å²) in [4.78, 5) is 0. The first-order valence-electron chi connectivity index (χ1n) is 5.89. The fourth-order valence-corrected chi connectivity index (χ4v) is 1.86. The molecule has 8 heteroatoms. The fraction of sp³-hybridized carbons (Fsp3) is 0.143. The van der Waals surface area contributed by atoms with Crippen LogP contribution in [0, 0.1) is 0 Å². The van der Waals surface area contributed by atoms with Crippen molar-refractivity contribution in [2.75, 3.05) is 5.73 Å². The molecule has 0 heterocycles. The van der Waals surface area contributed by atoms with Gasteiger partial charge in [0.05, 0.1) is 5.56 Å². The minimum absolute atomic E-state index is 0.181. The molecule has 0 bridgehead atoms. The van der Waals surface area contributed by atoms with Crippen molar-refractivity contribution in [2.45, 2.75) is 12.5 Å². The molecular weight excluding hydrogens is 312 g/mol. The first-order valence-corrected chi connectivity index (χ1v) is 5.89. The quantitative estimate of drug-likeness (QED) is 0.634. The Kier molecular flexibility index (Phi) is 3.95. The minimum Gasteiger partial charge on any atom is -0.406 e. The van der Waals surface area contributed by atoms with Gasteiger partial charge >= 0.3 is 12.5 Å². The van der Waals surface area contributed by atoms with Crippen molar-refractivity contribution in [1.29, 1.82) is 0 Å². The van der Waals surface area contributed by atoms with E-state index in [0.717, 1.165) is 30.3 Å². The van der Waals surface area contributed by atoms with Crippen LogP contribution in [0.5, 0.6) is 5.75 Å². The van der Waals surface area contributed by atoms with Crippen LogP contribution in [0.3, 0.4) is 0 Å². The third kappa shape index (κ3) is 3.84. The number of hydrogen-bond acceptors (Lipinski definition) is 2. The first kappa shape index (κ1) is 16.0. The van der Waals surface area contributed by atoms with Crippen molar-refractivity contribution < 1.29 is 31.1 Å². The highest BCUT2D eigenvalue weighted by molar-refractivity contribution is 5.77. The van der Waals surface area contributed by atoms with Gasteiger partial charge in [0, 0.05) is 11.3 Å². The highest BCUT2D eigenvalue weighted by Gasteiger charge is 2.32. The van der Waals surface area contributed by atoms with Gasteiger partial charge in [0.1, 0.15) is 5.75 Å². The lowest BCUT2D eigenvalue weighted by molar-refractivity contribution is -0.274. The molecule has 0 unspecified atom stereocenters. The van der Waals surface area contributed by atoms with E-state index in [1.807, 2.05) is 0 Å². The molecule has 0 aromatic heterocycles. The summed E-state index contributed by atoms with van der Waals surface area (Å²) in [7, 11) is 0. The topological polar surface area (TPSA) is 35.2 Å². The molecule has 0 spiro atoms. The first-order chi connectivity index (χ1) is 10.1. The average Bonchev–Trinajstić information content (AvgIpc) is 2.35. The number of nitrogens with two attached hydrogens (primary N) is 1. The molecule has 0 amide bonds. The SMILES string of the molecule is Nc1cc(C(F)(F)F)ccc1-c1cccc(OC(F)(F)F)c1. The molecular formula is C14H9F6NO. The van der Waals surface area contributed by atoms with E-state index in [1.165, 1.54) is 12.1 Å². The molecule has 0 aliphatic carbocycles. The standard InChI is InChI=1S/C14H9F6NO/c15-13(16,17)9-4-5-11(12(21)7-9)8-2-1-3-10(6-8)22-14(18,19)20/h1-7H,21H2. The largest absolute Gasteiger partial charge is 0.573 e. The van der Waals surface area contributed by atoms with Crippen molar-refractivity contribution in [3.63, 3.8) is 0 Å². The molecule has 0 aliphatic rings. The third-order valence-corrected chi connectivity index (χ3v) is 2.76. The fourth-order valence-electron chi connectivity index (χ4n) is 1.86. The molecule has 2 aromatic rings. The molecule has 0 radical (unpaired) electrons. The Bertz CT molecular complexity index is 678. The van der Waals surface area contributed by atoms with Crippen molar-refractivity contribution in [2.24, 2.45) is 0 Å². The number of ether oxygens (including phenoxy) is 1. The summed E-state index contributed by atoms with van der Waals surface area (Å²) in [5.74, 6) is -0.482. The maximum atomic E-state index is 12.6. The van der Waals surface area contributed by atoms with E-state index in [2.05, 4.69) is 4.74 Å². The number of nitrogen functional groups attached to an aromatic ring is 1. The second-order valence-electron chi connectivity index (χ2n) is 4.38. The number of hydrogen-bond donors (Lipinski definition) is 1. The number of alkyl halides is 6. The molecule has 2 aromatic carbocycles. The van der Waals surface area contributed by atoms with Crippen LogP contribution in [0.25, 0.3) is 11.1 Å². The summed E-state index contributed by atoms with van der Waals surface area (Å²) in [6.45, 7) is 0. The van der Waals surface area contributed by atoms with Gasteiger partial charge in [0.2, 0.25) is 0 Å². The molecule has 0 aliphatic heterocycles. The number of rotatable bonds is 2. The lowest BCUT2D eigenvalue weighted by Crippen LogP contribution is -2.17. The zero-order valence-electron chi connectivity index (χ0n) is 10.8. The van der Waals surface area contributed by atoms with Crippen LogP contribution in [0.4, 0.5) is 32.0 Å². The average molecular weight is 321 g/mol. The zero-order chi connectivity index (χ0) is 16.5. The van der Waals surface area contributed by atoms with Gasteiger partial charge in [-0.2, -0.15) is 13.2 Å². The summed E-state index contributed by atoms with van der Waals surface area (Å²) in [6.07, 6.45) is -9.40. The summed E-state index contributed by atoms with van der Waals surface area (Å²) in [5, 5.41) is 0. The molecule has 2 rings (SSSR count). The van der Waals surface area contributed by atoms with Gasteiger partial charge in [-0.15, -0.1) is 13.2 Å². The van der Waals surface area contributed by atoms with Crippen LogP contribution in [-0.2, 0) is 6.18 Å². The van der Waals surface area contributed by atoms with Crippen LogP contribution in [0.2, 0.25) is 0 Å². The predicted molar refractivity (Wildman–Crippen MR) is 68.0 cm³/mol. The van der Waals surface area contributed by atoms with Crippen molar-refractivity contribution in [1.82, 2.24) is 0 Å². The Morgan fingerprint density at radius 2 is 1.55 bits per heavy atom. The molecule has 0 atom stereocenters. The lowest BCUT2D eigenvalue weighted by atomic mass is 10.0. The second kappa shape index (κ2) is 5.43. The predicted octanol–water partition coefficient (Wildman–Crippen LogP) is 4.85. The normalized spacial score (nSPS) is 12.3. The van der Waals surface area contributed by atoms with E-state index >= 15 is 0 Å². The van der Waals surface area contributed by atoms with Crippen LogP contribution in [-0.4, -0.2) is 6.36 Å². The van der Waals surface area contributed by atoms with Gasteiger partial charge < -0.3 is 10.5 Å². The second-order valence-corrected chi connectivity index (χ2v) is 4.38. The molecule has 0 saturated heterocycles. The highest BCUT2D eigenvalue weighted by Crippen LogP contribution is 2.35. The Hall–Kier alpha value is -2.38.